The van der Waals surface area contributed by atoms with Gasteiger partial charge >= 0.3 is 0 Å². The Morgan fingerprint density at radius 3 is 2.80 bits per heavy atom. The largest absolute Gasteiger partial charge is 0.378 e. The van der Waals surface area contributed by atoms with E-state index in [0.717, 1.165) is 16.8 Å². The van der Waals surface area contributed by atoms with E-state index in [0.29, 0.717) is 12.2 Å². The van der Waals surface area contributed by atoms with Gasteiger partial charge in [-0.2, -0.15) is 5.10 Å². The van der Waals surface area contributed by atoms with Gasteiger partial charge in [0.25, 0.3) is 0 Å². The lowest BCUT2D eigenvalue weighted by Crippen LogP contribution is -2.01. The smallest absolute Gasteiger partial charge is 0.146 e. The van der Waals surface area contributed by atoms with Crippen molar-refractivity contribution in [1.29, 1.82) is 0 Å². The third-order valence-electron chi connectivity index (χ3n) is 3.01. The molecule has 3 aromatic rings. The summed E-state index contributed by atoms with van der Waals surface area (Å²) in [6, 6.07) is 10.4. The number of nitrogens with zero attached hydrogens (tertiary/aromatic N) is 2. The maximum absolute atomic E-state index is 13.5. The van der Waals surface area contributed by atoms with Crippen molar-refractivity contribution in [3.8, 4) is 11.3 Å². The van der Waals surface area contributed by atoms with Crippen LogP contribution in [0.3, 0.4) is 0 Å². The number of benzene rings is 1. The van der Waals surface area contributed by atoms with E-state index in [1.165, 1.54) is 6.07 Å². The second kappa shape index (κ2) is 5.52. The molecule has 0 unspecified atom stereocenters. The Balaban J connectivity index is 1.80. The fourth-order valence-corrected chi connectivity index (χ4v) is 2.00. The van der Waals surface area contributed by atoms with Crippen molar-refractivity contribution in [2.75, 3.05) is 5.32 Å². The number of para-hydroxylation sites is 1. The summed E-state index contributed by atoms with van der Waals surface area (Å²) in [6.45, 7) is 0.488. The Kier molecular flexibility index (Phi) is 3.41. The van der Waals surface area contributed by atoms with Crippen LogP contribution < -0.4 is 5.32 Å². The summed E-state index contributed by atoms with van der Waals surface area (Å²) in [7, 11) is 0. The molecule has 4 nitrogen and oxygen atoms in total. The minimum absolute atomic E-state index is 0.265. The fourth-order valence-electron chi connectivity index (χ4n) is 2.00. The van der Waals surface area contributed by atoms with Gasteiger partial charge in [0.15, 0.2) is 0 Å². The zero-order valence-corrected chi connectivity index (χ0v) is 10.7. The van der Waals surface area contributed by atoms with E-state index >= 15 is 0 Å². The van der Waals surface area contributed by atoms with Crippen molar-refractivity contribution in [3.63, 3.8) is 0 Å². The number of aromatic nitrogens is 3. The molecule has 2 N–H and O–H groups in total. The highest BCUT2D eigenvalue weighted by atomic mass is 19.1. The van der Waals surface area contributed by atoms with Crippen molar-refractivity contribution in [3.05, 3.63) is 66.4 Å². The second-order valence-electron chi connectivity index (χ2n) is 4.35. The Morgan fingerprint density at radius 1 is 1.10 bits per heavy atom. The lowest BCUT2D eigenvalue weighted by Gasteiger charge is -2.07. The standard InChI is InChI=1S/C15H13FN4/c16-13-5-1-2-6-14(13)18-9-12-10-19-20-15(12)11-4-3-7-17-8-11/h1-8,10,18H,9H2,(H,19,20). The van der Waals surface area contributed by atoms with Gasteiger partial charge in [-0.25, -0.2) is 4.39 Å². The molecule has 0 spiro atoms. The van der Waals surface area contributed by atoms with Gasteiger partial charge in [0, 0.05) is 30.1 Å². The van der Waals surface area contributed by atoms with Gasteiger partial charge in [0.1, 0.15) is 5.82 Å². The summed E-state index contributed by atoms with van der Waals surface area (Å²) in [5.74, 6) is -0.265. The maximum atomic E-state index is 13.5. The number of pyridine rings is 1. The van der Waals surface area contributed by atoms with Crippen LogP contribution in [-0.2, 0) is 6.54 Å². The van der Waals surface area contributed by atoms with E-state index < -0.39 is 0 Å². The molecule has 0 amide bonds. The number of rotatable bonds is 4. The molecule has 0 fully saturated rings. The molecule has 20 heavy (non-hydrogen) atoms. The van der Waals surface area contributed by atoms with Crippen LogP contribution in [0.1, 0.15) is 5.56 Å². The molecule has 0 aliphatic rings. The highest BCUT2D eigenvalue weighted by Crippen LogP contribution is 2.21. The molecule has 0 aliphatic heterocycles. The summed E-state index contributed by atoms with van der Waals surface area (Å²) in [5.41, 5.74) is 3.28. The van der Waals surface area contributed by atoms with Crippen molar-refractivity contribution in [1.82, 2.24) is 15.2 Å². The molecule has 0 bridgehead atoms. The Hall–Kier alpha value is -2.69. The first-order valence-electron chi connectivity index (χ1n) is 6.25. The molecule has 2 heterocycles. The predicted octanol–water partition coefficient (Wildman–Crippen LogP) is 3.22. The zero-order chi connectivity index (χ0) is 13.8. The van der Waals surface area contributed by atoms with Crippen LogP contribution in [0, 0.1) is 5.82 Å². The predicted molar refractivity (Wildman–Crippen MR) is 75.5 cm³/mol. The van der Waals surface area contributed by atoms with E-state index in [1.54, 1.807) is 36.8 Å². The number of hydrogen-bond acceptors (Lipinski definition) is 3. The minimum Gasteiger partial charge on any atom is -0.378 e. The summed E-state index contributed by atoms with van der Waals surface area (Å²) in [5, 5.41) is 10.1. The van der Waals surface area contributed by atoms with E-state index in [-0.39, 0.29) is 5.82 Å². The van der Waals surface area contributed by atoms with Crippen molar-refractivity contribution in [2.45, 2.75) is 6.54 Å². The third-order valence-corrected chi connectivity index (χ3v) is 3.01. The van der Waals surface area contributed by atoms with E-state index in [9.17, 15) is 4.39 Å². The van der Waals surface area contributed by atoms with Gasteiger partial charge in [0.05, 0.1) is 17.6 Å². The molecule has 0 atom stereocenters. The molecule has 0 aliphatic carbocycles. The van der Waals surface area contributed by atoms with E-state index in [1.807, 2.05) is 12.1 Å². The molecular weight excluding hydrogens is 255 g/mol. The van der Waals surface area contributed by atoms with Crippen LogP contribution in [0.15, 0.2) is 55.0 Å². The first kappa shape index (κ1) is 12.3. The zero-order valence-electron chi connectivity index (χ0n) is 10.7. The fraction of sp³-hybridized carbons (Fsp3) is 0.0667. The first-order valence-corrected chi connectivity index (χ1v) is 6.25. The van der Waals surface area contributed by atoms with E-state index in [4.69, 9.17) is 0 Å². The molecule has 0 saturated heterocycles. The molecule has 3 rings (SSSR count). The molecule has 0 radical (unpaired) electrons. The number of nitrogens with one attached hydrogen (secondary N) is 2. The van der Waals surface area contributed by atoms with E-state index in [2.05, 4.69) is 20.5 Å². The molecule has 5 heteroatoms. The Morgan fingerprint density at radius 2 is 2.00 bits per heavy atom. The van der Waals surface area contributed by atoms with Crippen LogP contribution in [0.4, 0.5) is 10.1 Å². The first-order chi connectivity index (χ1) is 9.84. The highest BCUT2D eigenvalue weighted by molar-refractivity contribution is 5.62. The topological polar surface area (TPSA) is 53.6 Å². The highest BCUT2D eigenvalue weighted by Gasteiger charge is 2.08. The second-order valence-corrected chi connectivity index (χ2v) is 4.35. The molecular formula is C15H13FN4. The van der Waals surface area contributed by atoms with Gasteiger partial charge in [-0.05, 0) is 24.3 Å². The number of aromatic amines is 1. The van der Waals surface area contributed by atoms with Crippen LogP contribution in [-0.4, -0.2) is 15.2 Å². The molecule has 100 valence electrons. The van der Waals surface area contributed by atoms with Gasteiger partial charge in [0.2, 0.25) is 0 Å². The number of hydrogen-bond donors (Lipinski definition) is 2. The number of anilines is 1. The molecule has 2 aromatic heterocycles. The van der Waals surface area contributed by atoms with Gasteiger partial charge < -0.3 is 5.32 Å². The molecule has 0 saturated carbocycles. The Labute approximate surface area is 115 Å². The average Bonchev–Trinajstić information content (AvgIpc) is 2.96. The van der Waals surface area contributed by atoms with Gasteiger partial charge in [-0.15, -0.1) is 0 Å². The number of H-pyrrole nitrogens is 1. The van der Waals surface area contributed by atoms with Crippen LogP contribution in [0.2, 0.25) is 0 Å². The SMILES string of the molecule is Fc1ccccc1NCc1cn[nH]c1-c1cccnc1. The monoisotopic (exact) mass is 268 g/mol. The summed E-state index contributed by atoms with van der Waals surface area (Å²) < 4.78 is 13.5. The molecule has 1 aromatic carbocycles. The van der Waals surface area contributed by atoms with Crippen LogP contribution in [0.25, 0.3) is 11.3 Å². The van der Waals surface area contributed by atoms with Crippen molar-refractivity contribution >= 4 is 5.69 Å². The average molecular weight is 268 g/mol. The lowest BCUT2D eigenvalue weighted by molar-refractivity contribution is 0.630. The van der Waals surface area contributed by atoms with Gasteiger partial charge in [-0.3, -0.25) is 10.1 Å². The summed E-state index contributed by atoms with van der Waals surface area (Å²) >= 11 is 0. The van der Waals surface area contributed by atoms with Crippen molar-refractivity contribution < 1.29 is 4.39 Å². The van der Waals surface area contributed by atoms with Crippen LogP contribution >= 0.6 is 0 Å². The van der Waals surface area contributed by atoms with Crippen molar-refractivity contribution in [2.24, 2.45) is 0 Å². The lowest BCUT2D eigenvalue weighted by atomic mass is 10.1. The van der Waals surface area contributed by atoms with Crippen LogP contribution in [0.5, 0.6) is 0 Å². The third kappa shape index (κ3) is 2.51. The minimum atomic E-state index is -0.265. The normalized spacial score (nSPS) is 10.4. The quantitative estimate of drug-likeness (QED) is 0.764. The Bertz CT molecular complexity index is 694. The maximum Gasteiger partial charge on any atom is 0.146 e. The van der Waals surface area contributed by atoms with Gasteiger partial charge in [-0.1, -0.05) is 12.1 Å². The summed E-state index contributed by atoms with van der Waals surface area (Å²) in [4.78, 5) is 4.09. The number of halogens is 1. The summed E-state index contributed by atoms with van der Waals surface area (Å²) in [6.07, 6.45) is 5.22.